The molecule has 0 bridgehead atoms. The molecule has 0 unspecified atom stereocenters. The Morgan fingerprint density at radius 2 is 1.71 bits per heavy atom. The molecule has 5 heteroatoms. The summed E-state index contributed by atoms with van der Waals surface area (Å²) in [5.74, 6) is 0. The Morgan fingerprint density at radius 1 is 1.07 bits per heavy atom. The summed E-state index contributed by atoms with van der Waals surface area (Å²) in [5, 5.41) is 0. The SMILES string of the molecule is CCCCO[SiH2]OC(OCC)OCC. The third-order valence-corrected chi connectivity index (χ3v) is 2.40. The molecule has 0 aliphatic carbocycles. The van der Waals surface area contributed by atoms with Crippen LogP contribution in [0.4, 0.5) is 0 Å². The molecule has 0 radical (unpaired) electrons. The van der Waals surface area contributed by atoms with Crippen molar-refractivity contribution in [1.82, 2.24) is 0 Å². The molecular weight excluding hydrogens is 200 g/mol. The lowest BCUT2D eigenvalue weighted by Crippen LogP contribution is -2.24. The average Bonchev–Trinajstić information content (AvgIpc) is 2.18. The number of ether oxygens (including phenoxy) is 2. The second-order valence-electron chi connectivity index (χ2n) is 2.75. The minimum absolute atomic E-state index is 0.529. The smallest absolute Gasteiger partial charge is 0.309 e. The van der Waals surface area contributed by atoms with Gasteiger partial charge in [-0.1, -0.05) is 13.3 Å². The largest absolute Gasteiger partial charge is 0.399 e. The van der Waals surface area contributed by atoms with Gasteiger partial charge in [0.15, 0.2) is 0 Å². The van der Waals surface area contributed by atoms with Crippen LogP contribution in [0.2, 0.25) is 0 Å². The maximum atomic E-state index is 5.35. The van der Waals surface area contributed by atoms with Crippen LogP contribution < -0.4 is 0 Å². The van der Waals surface area contributed by atoms with E-state index in [0.717, 1.165) is 19.4 Å². The van der Waals surface area contributed by atoms with E-state index in [9.17, 15) is 0 Å². The van der Waals surface area contributed by atoms with Gasteiger partial charge in [0.05, 0.1) is 0 Å². The van der Waals surface area contributed by atoms with Crippen LogP contribution in [-0.4, -0.2) is 36.3 Å². The van der Waals surface area contributed by atoms with Crippen molar-refractivity contribution in [3.05, 3.63) is 0 Å². The van der Waals surface area contributed by atoms with Crippen molar-refractivity contribution in [1.29, 1.82) is 0 Å². The minimum Gasteiger partial charge on any atom is -0.399 e. The predicted octanol–water partition coefficient (Wildman–Crippen LogP) is 1.18. The Labute approximate surface area is 88.9 Å². The molecule has 0 N–H and O–H groups in total. The predicted molar refractivity (Wildman–Crippen MR) is 57.5 cm³/mol. The van der Waals surface area contributed by atoms with Crippen molar-refractivity contribution in [2.45, 2.75) is 40.1 Å². The lowest BCUT2D eigenvalue weighted by atomic mass is 10.4. The Morgan fingerprint density at radius 3 is 2.21 bits per heavy atom. The zero-order chi connectivity index (χ0) is 10.6. The van der Waals surface area contributed by atoms with Crippen LogP contribution in [0.15, 0.2) is 0 Å². The molecule has 0 spiro atoms. The molecule has 0 rings (SSSR count). The van der Waals surface area contributed by atoms with Crippen LogP contribution in [0, 0.1) is 0 Å². The summed E-state index contributed by atoms with van der Waals surface area (Å²) in [7, 11) is -0.947. The molecule has 0 saturated carbocycles. The van der Waals surface area contributed by atoms with Crippen LogP contribution >= 0.6 is 0 Å². The third kappa shape index (κ3) is 8.65. The summed E-state index contributed by atoms with van der Waals surface area (Å²) in [4.78, 5) is 0. The lowest BCUT2D eigenvalue weighted by molar-refractivity contribution is -0.247. The molecule has 0 aliphatic heterocycles. The van der Waals surface area contributed by atoms with Crippen molar-refractivity contribution < 1.29 is 18.3 Å². The fraction of sp³-hybridized carbons (Fsp3) is 1.00. The van der Waals surface area contributed by atoms with Crippen LogP contribution in [0.3, 0.4) is 0 Å². The van der Waals surface area contributed by atoms with Gasteiger partial charge in [-0.25, -0.2) is 0 Å². The molecule has 0 aromatic rings. The van der Waals surface area contributed by atoms with Crippen LogP contribution in [0.1, 0.15) is 33.6 Å². The zero-order valence-corrected chi connectivity index (χ0v) is 10.9. The molecule has 4 nitrogen and oxygen atoms in total. The topological polar surface area (TPSA) is 36.9 Å². The van der Waals surface area contributed by atoms with Gasteiger partial charge in [-0.2, -0.15) is 0 Å². The first kappa shape index (κ1) is 14.1. The van der Waals surface area contributed by atoms with Crippen molar-refractivity contribution in [3.63, 3.8) is 0 Å². The van der Waals surface area contributed by atoms with Crippen LogP contribution in [0.5, 0.6) is 0 Å². The minimum atomic E-state index is -0.947. The van der Waals surface area contributed by atoms with Gasteiger partial charge in [-0.05, 0) is 20.3 Å². The van der Waals surface area contributed by atoms with Gasteiger partial charge >= 0.3 is 10.0 Å². The molecule has 0 aromatic carbocycles. The van der Waals surface area contributed by atoms with E-state index in [4.69, 9.17) is 18.3 Å². The summed E-state index contributed by atoms with van der Waals surface area (Å²) in [6.07, 6.45) is 2.24. The van der Waals surface area contributed by atoms with E-state index in [1.165, 1.54) is 0 Å². The maximum Gasteiger partial charge on any atom is 0.309 e. The fourth-order valence-electron chi connectivity index (χ4n) is 0.825. The average molecular weight is 222 g/mol. The van der Waals surface area contributed by atoms with E-state index < -0.39 is 16.5 Å². The van der Waals surface area contributed by atoms with Crippen molar-refractivity contribution in [3.8, 4) is 0 Å². The molecule has 14 heavy (non-hydrogen) atoms. The Hall–Kier alpha value is 0.0569. The highest BCUT2D eigenvalue weighted by Gasteiger charge is 2.07. The van der Waals surface area contributed by atoms with E-state index in [-0.39, 0.29) is 0 Å². The first-order chi connectivity index (χ1) is 6.85. The van der Waals surface area contributed by atoms with Crippen molar-refractivity contribution in [2.24, 2.45) is 0 Å². The van der Waals surface area contributed by atoms with E-state index in [0.29, 0.717) is 13.2 Å². The molecule has 0 atom stereocenters. The van der Waals surface area contributed by atoms with E-state index in [1.807, 2.05) is 13.8 Å². The van der Waals surface area contributed by atoms with Crippen molar-refractivity contribution >= 4 is 10.0 Å². The standard InChI is InChI=1S/C9H22O4Si/c1-4-7-8-12-14-13-9(10-5-2)11-6-3/h9H,4-8,14H2,1-3H3. The van der Waals surface area contributed by atoms with Gasteiger partial charge in [0.1, 0.15) is 0 Å². The molecule has 0 heterocycles. The number of hydrogen-bond acceptors (Lipinski definition) is 4. The highest BCUT2D eigenvalue weighted by molar-refractivity contribution is 6.17. The van der Waals surface area contributed by atoms with Gasteiger partial charge in [0, 0.05) is 19.8 Å². The highest BCUT2D eigenvalue weighted by Crippen LogP contribution is 1.97. The summed E-state index contributed by atoms with van der Waals surface area (Å²) in [5.41, 5.74) is 0. The third-order valence-electron chi connectivity index (χ3n) is 1.54. The summed E-state index contributed by atoms with van der Waals surface area (Å²) in [6.45, 7) is 7.40. The Balaban J connectivity index is 3.30. The zero-order valence-electron chi connectivity index (χ0n) is 9.45. The maximum absolute atomic E-state index is 5.35. The Kier molecular flexibility index (Phi) is 11.2. The second kappa shape index (κ2) is 11.1. The molecular formula is C9H22O4Si. The van der Waals surface area contributed by atoms with E-state index in [1.54, 1.807) is 0 Å². The van der Waals surface area contributed by atoms with E-state index in [2.05, 4.69) is 6.92 Å². The first-order valence-electron chi connectivity index (χ1n) is 5.27. The Bertz CT molecular complexity index is 107. The number of rotatable bonds is 10. The van der Waals surface area contributed by atoms with Gasteiger partial charge in [0.2, 0.25) is 0 Å². The summed E-state index contributed by atoms with van der Waals surface area (Å²) in [6, 6.07) is 0. The molecule has 0 fully saturated rings. The lowest BCUT2D eigenvalue weighted by Gasteiger charge is -2.17. The monoisotopic (exact) mass is 222 g/mol. The highest BCUT2D eigenvalue weighted by atomic mass is 28.3. The van der Waals surface area contributed by atoms with Crippen molar-refractivity contribution in [2.75, 3.05) is 19.8 Å². The van der Waals surface area contributed by atoms with Gasteiger partial charge in [-0.15, -0.1) is 0 Å². The van der Waals surface area contributed by atoms with Gasteiger partial charge in [-0.3, -0.25) is 0 Å². The molecule has 0 amide bonds. The quantitative estimate of drug-likeness (QED) is 0.316. The summed E-state index contributed by atoms with van der Waals surface area (Å²) < 4.78 is 21.1. The molecule has 0 saturated heterocycles. The first-order valence-corrected chi connectivity index (χ1v) is 6.43. The fourth-order valence-corrected chi connectivity index (χ4v) is 1.55. The summed E-state index contributed by atoms with van der Waals surface area (Å²) >= 11 is 0. The second-order valence-corrected chi connectivity index (χ2v) is 3.72. The van der Waals surface area contributed by atoms with Crippen LogP contribution in [-0.2, 0) is 18.3 Å². The number of unbranched alkanes of at least 4 members (excludes halogenated alkanes) is 1. The van der Waals surface area contributed by atoms with Crippen LogP contribution in [0.25, 0.3) is 0 Å². The number of hydrogen-bond donors (Lipinski definition) is 0. The normalized spacial score (nSPS) is 12.0. The molecule has 0 aliphatic rings. The molecule has 86 valence electrons. The van der Waals surface area contributed by atoms with Gasteiger partial charge < -0.3 is 18.3 Å². The van der Waals surface area contributed by atoms with E-state index >= 15 is 0 Å². The molecule has 0 aromatic heterocycles. The van der Waals surface area contributed by atoms with Gasteiger partial charge in [0.25, 0.3) is 6.48 Å².